The van der Waals surface area contributed by atoms with Gasteiger partial charge in [-0.1, -0.05) is 41.7 Å². The van der Waals surface area contributed by atoms with Gasteiger partial charge in [0.15, 0.2) is 5.13 Å². The van der Waals surface area contributed by atoms with E-state index in [2.05, 4.69) is 10.3 Å². The molecule has 0 aliphatic rings. The lowest BCUT2D eigenvalue weighted by Crippen LogP contribution is -2.21. The number of carboxylic acid groups (broad SMARTS) is 1. The van der Waals surface area contributed by atoms with Crippen LogP contribution in [0.3, 0.4) is 0 Å². The van der Waals surface area contributed by atoms with Crippen molar-refractivity contribution in [3.8, 4) is 11.1 Å². The van der Waals surface area contributed by atoms with E-state index in [1.165, 1.54) is 41.7 Å². The highest BCUT2D eigenvalue weighted by atomic mass is 32.1. The van der Waals surface area contributed by atoms with Gasteiger partial charge < -0.3 is 15.2 Å². The van der Waals surface area contributed by atoms with Gasteiger partial charge in [-0.15, -0.1) is 0 Å². The van der Waals surface area contributed by atoms with E-state index in [1.807, 2.05) is 0 Å². The minimum Gasteiger partial charge on any atom is -0.545 e. The molecule has 4 nitrogen and oxygen atoms in total. The number of thiazole rings is 1. The number of aromatic carboxylic acids is 1. The van der Waals surface area contributed by atoms with Crippen LogP contribution >= 0.6 is 11.3 Å². The summed E-state index contributed by atoms with van der Waals surface area (Å²) in [6.07, 6.45) is 0. The number of anilines is 2. The average Bonchev–Trinajstić information content (AvgIpc) is 3.05. The van der Waals surface area contributed by atoms with Gasteiger partial charge in [-0.25, -0.2) is 13.8 Å². The van der Waals surface area contributed by atoms with Gasteiger partial charge in [0, 0.05) is 0 Å². The molecule has 0 spiro atoms. The van der Waals surface area contributed by atoms with Gasteiger partial charge in [0.25, 0.3) is 0 Å². The number of carboxylic acids is 1. The molecule has 0 aliphatic heterocycles. The molecule has 1 N–H and O–H groups in total. The Kier molecular flexibility index (Phi) is 4.29. The summed E-state index contributed by atoms with van der Waals surface area (Å²) in [6.45, 7) is 0. The van der Waals surface area contributed by atoms with Gasteiger partial charge in [0.1, 0.15) is 11.6 Å². The molecule has 0 aliphatic carbocycles. The highest BCUT2D eigenvalue weighted by Crippen LogP contribution is 2.31. The minimum absolute atomic E-state index is 0.0600. The first-order valence-corrected chi connectivity index (χ1v) is 8.76. The highest BCUT2D eigenvalue weighted by molar-refractivity contribution is 7.22. The van der Waals surface area contributed by atoms with Crippen molar-refractivity contribution in [3.63, 3.8) is 0 Å². The van der Waals surface area contributed by atoms with Crippen molar-refractivity contribution < 1.29 is 18.7 Å². The summed E-state index contributed by atoms with van der Waals surface area (Å²) in [5.74, 6) is -2.09. The van der Waals surface area contributed by atoms with Crippen molar-refractivity contribution in [3.05, 3.63) is 77.9 Å². The van der Waals surface area contributed by atoms with E-state index >= 15 is 0 Å². The number of rotatable bonds is 4. The number of aromatic nitrogens is 1. The van der Waals surface area contributed by atoms with Gasteiger partial charge in [0.2, 0.25) is 0 Å². The largest absolute Gasteiger partial charge is 0.545 e. The first-order valence-electron chi connectivity index (χ1n) is 7.94. The second kappa shape index (κ2) is 6.77. The lowest BCUT2D eigenvalue weighted by Gasteiger charge is -2.08. The van der Waals surface area contributed by atoms with E-state index in [4.69, 9.17) is 0 Å². The standard InChI is InChI=1S/C20H12F2N2O2S/c21-14-6-8-17-18(10-14)27-20(24-17)23-16-7-5-13(9-15(16)22)11-1-3-12(4-2-11)19(25)26/h1-10H,(H,23,24)(H,25,26)/p-1. The Hall–Kier alpha value is -3.32. The monoisotopic (exact) mass is 381 g/mol. The molecule has 0 atom stereocenters. The average molecular weight is 381 g/mol. The quantitative estimate of drug-likeness (QED) is 0.571. The van der Waals surface area contributed by atoms with Crippen LogP contribution in [0, 0.1) is 11.6 Å². The fourth-order valence-corrected chi connectivity index (χ4v) is 3.56. The van der Waals surface area contributed by atoms with E-state index in [1.54, 1.807) is 30.3 Å². The Labute approximate surface area is 156 Å². The third-order valence-corrected chi connectivity index (χ3v) is 4.95. The summed E-state index contributed by atoms with van der Waals surface area (Å²) in [5, 5.41) is 14.2. The Morgan fingerprint density at radius 2 is 1.70 bits per heavy atom. The Morgan fingerprint density at radius 1 is 0.963 bits per heavy atom. The molecule has 4 aromatic rings. The molecule has 3 aromatic carbocycles. The molecule has 1 heterocycles. The topological polar surface area (TPSA) is 65.0 Å². The first kappa shape index (κ1) is 17.1. The van der Waals surface area contributed by atoms with Crippen LogP contribution in [0.25, 0.3) is 21.3 Å². The fourth-order valence-electron chi connectivity index (χ4n) is 2.66. The summed E-state index contributed by atoms with van der Waals surface area (Å²) >= 11 is 1.23. The van der Waals surface area contributed by atoms with Crippen molar-refractivity contribution >= 4 is 38.3 Å². The van der Waals surface area contributed by atoms with Gasteiger partial charge in [-0.3, -0.25) is 0 Å². The zero-order valence-electron chi connectivity index (χ0n) is 13.7. The van der Waals surface area contributed by atoms with Crippen LogP contribution in [-0.2, 0) is 0 Å². The molecule has 1 aromatic heterocycles. The van der Waals surface area contributed by atoms with Crippen molar-refractivity contribution in [2.24, 2.45) is 0 Å². The van der Waals surface area contributed by atoms with Gasteiger partial charge >= 0.3 is 0 Å². The number of nitrogens with zero attached hydrogens (tertiary/aromatic N) is 1. The normalized spacial score (nSPS) is 10.9. The number of carbonyl (C=O) groups is 1. The van der Waals surface area contributed by atoms with Crippen LogP contribution in [-0.4, -0.2) is 11.0 Å². The molecule has 134 valence electrons. The molecular weight excluding hydrogens is 370 g/mol. The lowest BCUT2D eigenvalue weighted by molar-refractivity contribution is -0.255. The van der Waals surface area contributed by atoms with Crippen LogP contribution in [0.1, 0.15) is 10.4 Å². The maximum atomic E-state index is 14.5. The van der Waals surface area contributed by atoms with Crippen LogP contribution in [0.15, 0.2) is 60.7 Å². The van der Waals surface area contributed by atoms with Crippen LogP contribution in [0.4, 0.5) is 19.6 Å². The van der Waals surface area contributed by atoms with Crippen LogP contribution in [0.5, 0.6) is 0 Å². The van der Waals surface area contributed by atoms with E-state index in [0.29, 0.717) is 26.5 Å². The molecule has 0 saturated heterocycles. The zero-order valence-corrected chi connectivity index (χ0v) is 14.5. The lowest BCUT2D eigenvalue weighted by atomic mass is 10.0. The summed E-state index contributed by atoms with van der Waals surface area (Å²) in [5.41, 5.74) is 2.22. The number of hydrogen-bond donors (Lipinski definition) is 1. The second-order valence-corrected chi connectivity index (χ2v) is 6.85. The van der Waals surface area contributed by atoms with Crippen molar-refractivity contribution in [2.45, 2.75) is 0 Å². The number of nitrogens with one attached hydrogen (secondary N) is 1. The predicted octanol–water partition coefficient (Wildman–Crippen LogP) is 4.35. The Balaban J connectivity index is 1.60. The van der Waals surface area contributed by atoms with Crippen molar-refractivity contribution in [2.75, 3.05) is 5.32 Å². The van der Waals surface area contributed by atoms with E-state index in [0.717, 1.165) is 0 Å². The fraction of sp³-hybridized carbons (Fsp3) is 0. The maximum Gasteiger partial charge on any atom is 0.188 e. The molecular formula is C20H11F2N2O2S-. The summed E-state index contributed by atoms with van der Waals surface area (Å²) in [6, 6.07) is 14.9. The molecule has 7 heteroatoms. The van der Waals surface area contributed by atoms with Gasteiger partial charge in [-0.05, 0) is 47.0 Å². The molecule has 0 radical (unpaired) electrons. The molecule has 0 saturated carbocycles. The van der Waals surface area contributed by atoms with Gasteiger partial charge in [-0.2, -0.15) is 0 Å². The number of benzene rings is 3. The Morgan fingerprint density at radius 3 is 2.41 bits per heavy atom. The van der Waals surface area contributed by atoms with Crippen molar-refractivity contribution in [1.82, 2.24) is 4.98 Å². The van der Waals surface area contributed by atoms with Crippen molar-refractivity contribution in [1.29, 1.82) is 0 Å². The zero-order chi connectivity index (χ0) is 19.0. The predicted molar refractivity (Wildman–Crippen MR) is 99.0 cm³/mol. The highest BCUT2D eigenvalue weighted by Gasteiger charge is 2.09. The summed E-state index contributed by atoms with van der Waals surface area (Å²) in [7, 11) is 0. The van der Waals surface area contributed by atoms with Gasteiger partial charge in [0.05, 0.1) is 21.9 Å². The first-order chi connectivity index (χ1) is 13.0. The third kappa shape index (κ3) is 3.50. The second-order valence-electron chi connectivity index (χ2n) is 5.82. The smallest absolute Gasteiger partial charge is 0.188 e. The molecule has 0 fully saturated rings. The Bertz CT molecular complexity index is 1160. The van der Waals surface area contributed by atoms with Crippen LogP contribution in [0.2, 0.25) is 0 Å². The molecule has 4 rings (SSSR count). The number of hydrogen-bond acceptors (Lipinski definition) is 5. The van der Waals surface area contributed by atoms with Crippen LogP contribution < -0.4 is 10.4 Å². The molecule has 0 bridgehead atoms. The summed E-state index contributed by atoms with van der Waals surface area (Å²) < 4.78 is 28.4. The number of halogens is 2. The molecule has 0 amide bonds. The molecule has 0 unspecified atom stereocenters. The van der Waals surface area contributed by atoms with E-state index < -0.39 is 11.8 Å². The molecule has 27 heavy (non-hydrogen) atoms. The minimum atomic E-state index is -1.26. The number of fused-ring (bicyclic) bond motifs is 1. The third-order valence-electron chi connectivity index (χ3n) is 4.02. The SMILES string of the molecule is O=C([O-])c1ccc(-c2ccc(Nc3nc4ccc(F)cc4s3)c(F)c2)cc1. The summed E-state index contributed by atoms with van der Waals surface area (Å²) in [4.78, 5) is 15.1. The number of carbonyl (C=O) groups excluding carboxylic acids is 1. The van der Waals surface area contributed by atoms with E-state index in [9.17, 15) is 18.7 Å². The maximum absolute atomic E-state index is 14.5. The van der Waals surface area contributed by atoms with E-state index in [-0.39, 0.29) is 17.1 Å².